The maximum absolute atomic E-state index is 9.08. The summed E-state index contributed by atoms with van der Waals surface area (Å²) in [5.41, 5.74) is 1.03. The van der Waals surface area contributed by atoms with Gasteiger partial charge in [-0.2, -0.15) is 5.26 Å². The second kappa shape index (κ2) is 7.87. The number of benzene rings is 1. The zero-order valence-corrected chi connectivity index (χ0v) is 15.2. The maximum Gasteiger partial charge on any atom is 0.163 e. The van der Waals surface area contributed by atoms with Crippen LogP contribution in [0.3, 0.4) is 0 Å². The molecule has 1 aliphatic heterocycles. The van der Waals surface area contributed by atoms with Crippen LogP contribution in [-0.2, 0) is 0 Å². The van der Waals surface area contributed by atoms with Crippen molar-refractivity contribution in [2.24, 2.45) is 0 Å². The van der Waals surface area contributed by atoms with Crippen LogP contribution >= 0.6 is 11.6 Å². The Balaban J connectivity index is 1.73. The molecule has 0 N–H and O–H groups in total. The summed E-state index contributed by atoms with van der Waals surface area (Å²) in [4.78, 5) is 9.02. The largest absolute Gasteiger partial charge is 0.493 e. The highest BCUT2D eigenvalue weighted by atomic mass is 35.5. The van der Waals surface area contributed by atoms with Gasteiger partial charge in [-0.15, -0.1) is 0 Å². The van der Waals surface area contributed by atoms with E-state index in [0.717, 1.165) is 32.7 Å². The fraction of sp³-hybridized carbons (Fsp3) is 0.444. The number of aromatic nitrogens is 1. The Morgan fingerprint density at radius 2 is 2.00 bits per heavy atom. The molecule has 132 valence electrons. The fourth-order valence-corrected chi connectivity index (χ4v) is 3.12. The summed E-state index contributed by atoms with van der Waals surface area (Å²) >= 11 is 6.27. The molecule has 0 spiro atoms. The average Bonchev–Trinajstić information content (AvgIpc) is 2.63. The number of halogens is 1. The van der Waals surface area contributed by atoms with E-state index in [2.05, 4.69) is 21.8 Å². The summed E-state index contributed by atoms with van der Waals surface area (Å²) in [7, 11) is 3.73. The minimum Gasteiger partial charge on any atom is -0.493 e. The quantitative estimate of drug-likeness (QED) is 0.816. The van der Waals surface area contributed by atoms with Gasteiger partial charge in [-0.25, -0.2) is 0 Å². The minimum atomic E-state index is 0.347. The van der Waals surface area contributed by atoms with Crippen molar-refractivity contribution in [1.29, 1.82) is 5.26 Å². The highest BCUT2D eigenvalue weighted by Gasteiger charge is 2.15. The van der Waals surface area contributed by atoms with Crippen LogP contribution in [0, 0.1) is 11.3 Å². The topological polar surface area (TPSA) is 61.6 Å². The number of ether oxygens (including phenoxy) is 2. The normalized spacial score (nSPS) is 15.9. The number of piperazine rings is 1. The van der Waals surface area contributed by atoms with Crippen molar-refractivity contribution in [2.45, 2.75) is 0 Å². The van der Waals surface area contributed by atoms with E-state index in [4.69, 9.17) is 26.3 Å². The number of pyridine rings is 1. The molecule has 0 saturated carbocycles. The Hall–Kier alpha value is -2.07. The minimum absolute atomic E-state index is 0.347. The van der Waals surface area contributed by atoms with Gasteiger partial charge < -0.3 is 14.4 Å². The molecule has 0 unspecified atom stereocenters. The van der Waals surface area contributed by atoms with E-state index in [9.17, 15) is 0 Å². The number of rotatable bonds is 5. The summed E-state index contributed by atoms with van der Waals surface area (Å²) in [6, 6.07) is 5.62. The Bertz CT molecular complexity index is 798. The van der Waals surface area contributed by atoms with E-state index in [1.165, 1.54) is 6.20 Å². The van der Waals surface area contributed by atoms with Gasteiger partial charge in [0.1, 0.15) is 12.7 Å². The van der Waals surface area contributed by atoms with Gasteiger partial charge in [0.25, 0.3) is 0 Å². The molecule has 1 saturated heterocycles. The molecule has 1 fully saturated rings. The van der Waals surface area contributed by atoms with Gasteiger partial charge in [-0.1, -0.05) is 11.6 Å². The number of fused-ring (bicyclic) bond motifs is 1. The third kappa shape index (κ3) is 3.96. The zero-order valence-electron chi connectivity index (χ0n) is 14.5. The molecule has 0 radical (unpaired) electrons. The summed E-state index contributed by atoms with van der Waals surface area (Å²) < 4.78 is 11.4. The molecule has 2 aromatic rings. The van der Waals surface area contributed by atoms with E-state index >= 15 is 0 Å². The first-order valence-corrected chi connectivity index (χ1v) is 8.60. The monoisotopic (exact) mass is 360 g/mol. The number of nitrogens with zero attached hydrogens (tertiary/aromatic N) is 4. The van der Waals surface area contributed by atoms with Crippen LogP contribution in [0.2, 0.25) is 5.02 Å². The van der Waals surface area contributed by atoms with Gasteiger partial charge in [-0.05, 0) is 13.1 Å². The van der Waals surface area contributed by atoms with Gasteiger partial charge in [-0.3, -0.25) is 9.88 Å². The van der Waals surface area contributed by atoms with Crippen molar-refractivity contribution in [3.8, 4) is 17.6 Å². The smallest absolute Gasteiger partial charge is 0.163 e. The first-order valence-electron chi connectivity index (χ1n) is 8.22. The summed E-state index contributed by atoms with van der Waals surface area (Å²) in [6.07, 6.45) is 1.48. The van der Waals surface area contributed by atoms with Crippen molar-refractivity contribution in [3.63, 3.8) is 0 Å². The Morgan fingerprint density at radius 3 is 2.68 bits per heavy atom. The molecular weight excluding hydrogens is 340 g/mol. The van der Waals surface area contributed by atoms with Crippen LogP contribution in [0.15, 0.2) is 18.3 Å². The first-order chi connectivity index (χ1) is 12.1. The van der Waals surface area contributed by atoms with E-state index in [-0.39, 0.29) is 0 Å². The summed E-state index contributed by atoms with van der Waals surface area (Å²) in [5, 5.41) is 10.1. The standard InChI is InChI=1S/C18H21ClN4O2/c1-22-3-5-23(6-4-22)7-8-25-17-10-15-14(9-16(17)24-2)18(19)13(11-20)12-21-15/h9-10,12H,3-8H2,1-2H3. The molecule has 0 amide bonds. The predicted molar refractivity (Wildman–Crippen MR) is 97.5 cm³/mol. The Morgan fingerprint density at radius 1 is 1.24 bits per heavy atom. The summed E-state index contributed by atoms with van der Waals surface area (Å²) in [5.74, 6) is 1.22. The van der Waals surface area contributed by atoms with Crippen LogP contribution in [0.4, 0.5) is 0 Å². The van der Waals surface area contributed by atoms with Crippen LogP contribution in [0.25, 0.3) is 10.9 Å². The number of likely N-dealkylation sites (N-methyl/N-ethyl adjacent to an activating group) is 1. The lowest BCUT2D eigenvalue weighted by Crippen LogP contribution is -2.45. The van der Waals surface area contributed by atoms with E-state index in [0.29, 0.717) is 39.6 Å². The van der Waals surface area contributed by atoms with Gasteiger partial charge in [0.2, 0.25) is 0 Å². The van der Waals surface area contributed by atoms with Crippen molar-refractivity contribution in [1.82, 2.24) is 14.8 Å². The zero-order chi connectivity index (χ0) is 17.8. The molecule has 1 aliphatic rings. The number of hydrogen-bond acceptors (Lipinski definition) is 6. The molecule has 6 nitrogen and oxygen atoms in total. The molecule has 1 aromatic carbocycles. The first kappa shape index (κ1) is 17.7. The van der Waals surface area contributed by atoms with Crippen LogP contribution < -0.4 is 9.47 Å². The molecular formula is C18H21ClN4O2. The SMILES string of the molecule is COc1cc2c(Cl)c(C#N)cnc2cc1OCCN1CCN(C)CC1. The van der Waals surface area contributed by atoms with Gasteiger partial charge >= 0.3 is 0 Å². The molecule has 25 heavy (non-hydrogen) atoms. The molecule has 7 heteroatoms. The molecule has 0 aliphatic carbocycles. The van der Waals surface area contributed by atoms with Crippen molar-refractivity contribution >= 4 is 22.5 Å². The third-order valence-electron chi connectivity index (χ3n) is 4.47. The lowest BCUT2D eigenvalue weighted by molar-refractivity contribution is 0.133. The average molecular weight is 361 g/mol. The molecule has 3 rings (SSSR count). The van der Waals surface area contributed by atoms with Gasteiger partial charge in [0.05, 0.1) is 23.2 Å². The van der Waals surface area contributed by atoms with Crippen molar-refractivity contribution < 1.29 is 9.47 Å². The van der Waals surface area contributed by atoms with Crippen molar-refractivity contribution in [3.05, 3.63) is 28.9 Å². The molecule has 0 atom stereocenters. The van der Waals surface area contributed by atoms with Crippen LogP contribution in [0.5, 0.6) is 11.5 Å². The van der Waals surface area contributed by atoms with E-state index in [1.807, 2.05) is 12.1 Å². The lowest BCUT2D eigenvalue weighted by Gasteiger charge is -2.32. The number of hydrogen-bond donors (Lipinski definition) is 0. The lowest BCUT2D eigenvalue weighted by atomic mass is 10.1. The number of methoxy groups -OCH3 is 1. The van der Waals surface area contributed by atoms with Gasteiger partial charge in [0.15, 0.2) is 11.5 Å². The second-order valence-electron chi connectivity index (χ2n) is 6.11. The maximum atomic E-state index is 9.08. The summed E-state index contributed by atoms with van der Waals surface area (Å²) in [6.45, 7) is 5.74. The van der Waals surface area contributed by atoms with E-state index in [1.54, 1.807) is 13.2 Å². The highest BCUT2D eigenvalue weighted by molar-refractivity contribution is 6.36. The Kier molecular flexibility index (Phi) is 5.59. The molecule has 1 aromatic heterocycles. The van der Waals surface area contributed by atoms with Crippen LogP contribution in [0.1, 0.15) is 5.56 Å². The molecule has 0 bridgehead atoms. The fourth-order valence-electron chi connectivity index (χ4n) is 2.87. The second-order valence-corrected chi connectivity index (χ2v) is 6.49. The predicted octanol–water partition coefficient (Wildman–Crippen LogP) is 2.39. The van der Waals surface area contributed by atoms with Crippen LogP contribution in [-0.4, -0.2) is 68.3 Å². The third-order valence-corrected chi connectivity index (χ3v) is 4.88. The van der Waals surface area contributed by atoms with E-state index < -0.39 is 0 Å². The van der Waals surface area contributed by atoms with Crippen molar-refractivity contribution in [2.75, 3.05) is 53.5 Å². The molecule has 2 heterocycles. The number of nitriles is 1. The Labute approximate surface area is 152 Å². The van der Waals surface area contributed by atoms with Gasteiger partial charge in [0, 0.05) is 50.4 Å². The highest BCUT2D eigenvalue weighted by Crippen LogP contribution is 2.35.